The highest BCUT2D eigenvalue weighted by Gasteiger charge is 2.39. The molecule has 532 valence electrons. The van der Waals surface area contributed by atoms with E-state index in [1.165, 1.54) is 75.1 Å². The van der Waals surface area contributed by atoms with Crippen molar-refractivity contribution in [1.29, 1.82) is 0 Å². The van der Waals surface area contributed by atoms with Crippen LogP contribution < -0.4 is 10.4 Å². The van der Waals surface area contributed by atoms with E-state index in [1.54, 1.807) is 0 Å². The van der Waals surface area contributed by atoms with Gasteiger partial charge in [0.05, 0.1) is 44.8 Å². The molecule has 0 saturated carbocycles. The lowest BCUT2D eigenvalue weighted by Crippen LogP contribution is -2.50. The molecule has 0 fully saturated rings. The van der Waals surface area contributed by atoms with Crippen LogP contribution in [0.15, 0.2) is 320 Å². The monoisotopic (exact) mass is 1540 g/mol. The summed E-state index contributed by atoms with van der Waals surface area (Å²) in [6, 6.07) is 109. The molecule has 0 N–H and O–H groups in total. The first-order valence-electron chi connectivity index (χ1n) is 36.4. The second-order valence-electron chi connectivity index (χ2n) is 28.0. The number of hydrogen-bond donors (Lipinski definition) is 0. The van der Waals surface area contributed by atoms with Crippen LogP contribution in [-0.2, 0) is 0 Å². The van der Waals surface area contributed by atoms with Crippen LogP contribution in [0.25, 0.3) is 175 Å². The predicted molar refractivity (Wildman–Crippen MR) is 468 cm³/mol. The number of hydrogen-bond acceptors (Lipinski definition) is 10. The summed E-state index contributed by atoms with van der Waals surface area (Å²) in [4.78, 5) is 35.2. The Morgan fingerprint density at radius 3 is 1.14 bits per heavy atom. The van der Waals surface area contributed by atoms with E-state index in [0.717, 1.165) is 122 Å². The van der Waals surface area contributed by atoms with E-state index in [4.69, 9.17) is 50.8 Å². The van der Waals surface area contributed by atoms with E-state index in [1.807, 2.05) is 127 Å². The zero-order valence-electron chi connectivity index (χ0n) is 60.4. The maximum Gasteiger partial charge on any atom is 0.223 e. The number of aromatic nitrogens is 8. The molecule has 14 aromatic carbocycles. The highest BCUT2D eigenvalue weighted by molar-refractivity contribution is 7.26. The topological polar surface area (TPSA) is 116 Å². The number of thiophene rings is 1. The first kappa shape index (κ1) is 70.5. The Hall–Kier alpha value is -12.2. The van der Waals surface area contributed by atoms with Gasteiger partial charge in [0.15, 0.2) is 0 Å². The lowest BCUT2D eigenvalue weighted by Gasteiger charge is -2.22. The van der Waals surface area contributed by atoms with Gasteiger partial charge >= 0.3 is 0 Å². The Labute approximate surface area is 665 Å². The number of benzene rings is 14. The van der Waals surface area contributed by atoms with Gasteiger partial charge in [-0.05, 0) is 158 Å². The highest BCUT2D eigenvalue weighted by Crippen LogP contribution is 2.43. The van der Waals surface area contributed by atoms with Gasteiger partial charge in [-0.15, -0.1) is 11.3 Å². The molecule has 0 spiro atoms. The fraction of sp³-hybridized carbons (Fsp3) is 0.0417. The molecule has 7 heterocycles. The van der Waals surface area contributed by atoms with E-state index >= 15 is 0 Å². The SMILES string of the molecule is C[Si]1(C)c2ccccc2-c2cccc(-c3ccc(-c4nc(Cl)nc5ccccc45)cc3)c21.Cc1cc(C)cc(-c2nc(Cl)nc3ccccc23)c1.Clc1nc(-c2ccc(-c3cccc4c3oc3ccccc34)cc2)c2ccccc2n1.Clc1nc(-c2ccc(-c3cccc4c3sc3ccccc34)cc2)c2ccccc2n1. The van der Waals surface area contributed by atoms with Gasteiger partial charge in [-0.1, -0.05) is 291 Å². The molecule has 0 amide bonds. The third-order valence-electron chi connectivity index (χ3n) is 20.6. The quantitative estimate of drug-likeness (QED) is 0.114. The number of aryl methyl sites for hydroxylation is 2. The van der Waals surface area contributed by atoms with Gasteiger partial charge in [-0.3, -0.25) is 0 Å². The van der Waals surface area contributed by atoms with E-state index < -0.39 is 8.07 Å². The Kier molecular flexibility index (Phi) is 18.8. The van der Waals surface area contributed by atoms with Crippen molar-refractivity contribution >= 4 is 162 Å². The van der Waals surface area contributed by atoms with E-state index in [9.17, 15) is 0 Å². The fourth-order valence-electron chi connectivity index (χ4n) is 15.6. The second kappa shape index (κ2) is 29.7. The Bertz CT molecular complexity index is 6770. The van der Waals surface area contributed by atoms with Crippen LogP contribution in [0.5, 0.6) is 0 Å². The normalized spacial score (nSPS) is 12.0. The summed E-state index contributed by atoms with van der Waals surface area (Å²) in [5.74, 6) is 0. The molecule has 15 heteroatoms. The second-order valence-corrected chi connectivity index (χ2v) is 34.7. The van der Waals surface area contributed by atoms with Crippen LogP contribution in [0.3, 0.4) is 0 Å². The van der Waals surface area contributed by atoms with Crippen molar-refractivity contribution in [2.75, 3.05) is 0 Å². The van der Waals surface area contributed by atoms with Crippen molar-refractivity contribution in [2.24, 2.45) is 0 Å². The molecule has 20 aromatic rings. The minimum Gasteiger partial charge on any atom is -0.455 e. The Morgan fingerprint density at radius 2 is 0.631 bits per heavy atom. The average Bonchev–Trinajstić information content (AvgIpc) is 1.58. The van der Waals surface area contributed by atoms with Crippen LogP contribution in [0.1, 0.15) is 11.1 Å². The number of furan rings is 1. The van der Waals surface area contributed by atoms with E-state index in [2.05, 4.69) is 267 Å². The fourth-order valence-corrected chi connectivity index (χ4v) is 21.1. The lowest BCUT2D eigenvalue weighted by molar-refractivity contribution is 0.670. The van der Waals surface area contributed by atoms with Crippen LogP contribution in [0.2, 0.25) is 34.2 Å². The minimum atomic E-state index is -1.77. The molecule has 0 unspecified atom stereocenters. The van der Waals surface area contributed by atoms with E-state index in [-0.39, 0.29) is 21.1 Å². The third-order valence-corrected chi connectivity index (χ3v) is 26.1. The summed E-state index contributed by atoms with van der Waals surface area (Å²) >= 11 is 26.5. The van der Waals surface area contributed by atoms with Crippen molar-refractivity contribution in [1.82, 2.24) is 39.9 Å². The zero-order chi connectivity index (χ0) is 75.4. The molecule has 9 nitrogen and oxygen atoms in total. The van der Waals surface area contributed by atoms with Gasteiger partial charge in [0.1, 0.15) is 19.2 Å². The molecular formula is C96H64Cl4N8OSSi. The third kappa shape index (κ3) is 13.6. The first-order valence-corrected chi connectivity index (χ1v) is 41.7. The maximum atomic E-state index is 6.22. The minimum absolute atomic E-state index is 0.250. The molecule has 0 saturated heterocycles. The molecule has 1 aliphatic rings. The molecule has 1 aliphatic heterocycles. The van der Waals surface area contributed by atoms with Crippen LogP contribution in [-0.4, -0.2) is 47.9 Å². The Balaban J connectivity index is 0.000000105. The van der Waals surface area contributed by atoms with Gasteiger partial charge in [0.2, 0.25) is 21.1 Å². The summed E-state index contributed by atoms with van der Waals surface area (Å²) in [6.45, 7) is 9.10. The van der Waals surface area contributed by atoms with Crippen LogP contribution in [0, 0.1) is 13.8 Å². The van der Waals surface area contributed by atoms with Crippen molar-refractivity contribution in [3.63, 3.8) is 0 Å². The van der Waals surface area contributed by atoms with E-state index in [0.29, 0.717) is 0 Å². The standard InChI is InChI=1S/C28H21ClN2Si.C26H15ClN2O.C26H15ClN2S.C16H13ClN2/c1-32(2)25-13-6-4-8-21(25)22-11-7-10-20(27(22)32)18-14-16-19(17-15-18)26-23-9-3-5-12-24(23)30-28(29)31-26;2*27-26-28-22-10-3-1-7-21(22)24(29-26)17-14-12-16(13-15-17)18-8-5-9-20-19-6-2-4-11-23(19)30-25(18)20;1-10-7-11(2)9-12(8-10)15-13-5-3-4-6-14(13)18-16(17)19-15/h3-17H,1-2H3;2*1-15H;3-9H,1-2H3. The summed E-state index contributed by atoms with van der Waals surface area (Å²) in [5.41, 5.74) is 25.3. The molecular weight excluding hydrogens is 1480 g/mol. The van der Waals surface area contributed by atoms with Gasteiger partial charge in [-0.25, -0.2) is 39.9 Å². The molecule has 6 aromatic heterocycles. The average molecular weight is 1550 g/mol. The first-order chi connectivity index (χ1) is 54.2. The van der Waals surface area contributed by atoms with Crippen molar-refractivity contribution in [3.05, 3.63) is 348 Å². The number of nitrogens with zero attached hydrogens (tertiary/aromatic N) is 8. The maximum absolute atomic E-state index is 6.22. The number of fused-ring (bicyclic) bond motifs is 13. The van der Waals surface area contributed by atoms with Crippen molar-refractivity contribution in [3.8, 4) is 89.5 Å². The molecule has 111 heavy (non-hydrogen) atoms. The lowest BCUT2D eigenvalue weighted by atomic mass is 9.97. The largest absolute Gasteiger partial charge is 0.455 e. The Morgan fingerprint density at radius 1 is 0.279 bits per heavy atom. The van der Waals surface area contributed by atoms with Crippen molar-refractivity contribution < 1.29 is 4.42 Å². The summed E-state index contributed by atoms with van der Waals surface area (Å²) < 4.78 is 8.83. The summed E-state index contributed by atoms with van der Waals surface area (Å²) in [6.07, 6.45) is 0. The number of rotatable bonds is 7. The predicted octanol–water partition coefficient (Wildman–Crippen LogP) is 26.5. The number of halogens is 4. The summed E-state index contributed by atoms with van der Waals surface area (Å²) in [5, 5.41) is 13.0. The van der Waals surface area contributed by atoms with Crippen molar-refractivity contribution in [2.45, 2.75) is 26.9 Å². The molecule has 0 aliphatic carbocycles. The molecule has 0 radical (unpaired) electrons. The van der Waals surface area contributed by atoms with Crippen LogP contribution >= 0.6 is 57.7 Å². The highest BCUT2D eigenvalue weighted by atomic mass is 35.5. The van der Waals surface area contributed by atoms with Gasteiger partial charge in [0.25, 0.3) is 0 Å². The van der Waals surface area contributed by atoms with Gasteiger partial charge < -0.3 is 4.42 Å². The zero-order valence-corrected chi connectivity index (χ0v) is 65.3. The molecule has 0 atom stereocenters. The van der Waals surface area contributed by atoms with Gasteiger partial charge in [-0.2, -0.15) is 0 Å². The molecule has 0 bridgehead atoms. The summed E-state index contributed by atoms with van der Waals surface area (Å²) in [7, 11) is -1.77. The molecule has 21 rings (SSSR count). The number of para-hydroxylation sites is 6. The smallest absolute Gasteiger partial charge is 0.223 e. The van der Waals surface area contributed by atoms with Gasteiger partial charge in [0, 0.05) is 80.3 Å². The van der Waals surface area contributed by atoms with Crippen LogP contribution in [0.4, 0.5) is 0 Å².